The number of amides is 1. The SMILES string of the molecule is NC(=O)c1nc(-c2cccc(NSC3CC3)c2)cnc1N. The summed E-state index contributed by atoms with van der Waals surface area (Å²) in [4.78, 5) is 19.5. The van der Waals surface area contributed by atoms with Gasteiger partial charge in [0.1, 0.15) is 0 Å². The van der Waals surface area contributed by atoms with E-state index in [0.29, 0.717) is 10.9 Å². The molecule has 0 unspecified atom stereocenters. The van der Waals surface area contributed by atoms with Gasteiger partial charge in [-0.1, -0.05) is 12.1 Å². The van der Waals surface area contributed by atoms with Crippen LogP contribution in [0, 0.1) is 0 Å². The number of nitrogens with two attached hydrogens (primary N) is 2. The van der Waals surface area contributed by atoms with E-state index in [2.05, 4.69) is 14.7 Å². The Labute approximate surface area is 126 Å². The minimum Gasteiger partial charge on any atom is -0.382 e. The first kappa shape index (κ1) is 13.7. The highest BCUT2D eigenvalue weighted by molar-refractivity contribution is 8.01. The fourth-order valence-corrected chi connectivity index (χ4v) is 2.60. The summed E-state index contributed by atoms with van der Waals surface area (Å²) < 4.78 is 3.32. The van der Waals surface area contributed by atoms with Crippen LogP contribution in [-0.2, 0) is 0 Å². The molecule has 1 aliphatic carbocycles. The van der Waals surface area contributed by atoms with E-state index in [1.165, 1.54) is 19.0 Å². The molecule has 1 saturated carbocycles. The molecule has 0 spiro atoms. The van der Waals surface area contributed by atoms with Crippen LogP contribution in [0.1, 0.15) is 23.3 Å². The van der Waals surface area contributed by atoms with Crippen LogP contribution in [0.3, 0.4) is 0 Å². The van der Waals surface area contributed by atoms with Crippen LogP contribution in [0.2, 0.25) is 0 Å². The normalized spacial score (nSPS) is 13.9. The van der Waals surface area contributed by atoms with Crippen molar-refractivity contribution in [3.63, 3.8) is 0 Å². The summed E-state index contributed by atoms with van der Waals surface area (Å²) >= 11 is 1.73. The molecule has 0 bridgehead atoms. The molecule has 1 fully saturated rings. The van der Waals surface area contributed by atoms with Crippen molar-refractivity contribution >= 4 is 29.4 Å². The van der Waals surface area contributed by atoms with Crippen LogP contribution in [0.25, 0.3) is 11.3 Å². The first-order chi connectivity index (χ1) is 10.1. The van der Waals surface area contributed by atoms with E-state index in [1.54, 1.807) is 11.9 Å². The number of rotatable bonds is 5. The number of hydrogen-bond acceptors (Lipinski definition) is 6. The molecule has 1 aromatic heterocycles. The van der Waals surface area contributed by atoms with Gasteiger partial charge >= 0.3 is 0 Å². The quantitative estimate of drug-likeness (QED) is 0.730. The van der Waals surface area contributed by atoms with Crippen LogP contribution < -0.4 is 16.2 Å². The smallest absolute Gasteiger partial charge is 0.271 e. The maximum atomic E-state index is 11.3. The van der Waals surface area contributed by atoms with E-state index >= 15 is 0 Å². The lowest BCUT2D eigenvalue weighted by molar-refractivity contribution is 0.0996. The second kappa shape index (κ2) is 5.61. The van der Waals surface area contributed by atoms with Gasteiger partial charge in [0, 0.05) is 16.5 Å². The first-order valence-electron chi connectivity index (χ1n) is 6.58. The van der Waals surface area contributed by atoms with Gasteiger partial charge in [-0.05, 0) is 36.9 Å². The molecule has 108 valence electrons. The van der Waals surface area contributed by atoms with Gasteiger partial charge < -0.3 is 16.2 Å². The second-order valence-electron chi connectivity index (χ2n) is 4.85. The molecule has 1 aliphatic rings. The zero-order chi connectivity index (χ0) is 14.8. The Bertz CT molecular complexity index is 687. The van der Waals surface area contributed by atoms with Crippen LogP contribution in [0.5, 0.6) is 0 Å². The fraction of sp³-hybridized carbons (Fsp3) is 0.214. The van der Waals surface area contributed by atoms with E-state index < -0.39 is 5.91 Å². The lowest BCUT2D eigenvalue weighted by atomic mass is 10.1. The molecular weight excluding hydrogens is 286 g/mol. The largest absolute Gasteiger partial charge is 0.382 e. The lowest BCUT2D eigenvalue weighted by Gasteiger charge is -2.08. The minimum absolute atomic E-state index is 0.00165. The van der Waals surface area contributed by atoms with E-state index in [0.717, 1.165) is 11.3 Å². The summed E-state index contributed by atoms with van der Waals surface area (Å²) in [7, 11) is 0. The summed E-state index contributed by atoms with van der Waals surface area (Å²) in [6.45, 7) is 0. The molecule has 0 saturated heterocycles. The number of carbonyl (C=O) groups excluding carboxylic acids is 1. The van der Waals surface area contributed by atoms with E-state index in [4.69, 9.17) is 11.5 Å². The van der Waals surface area contributed by atoms with Gasteiger partial charge in [-0.15, -0.1) is 0 Å². The number of carbonyl (C=O) groups is 1. The molecule has 5 N–H and O–H groups in total. The average Bonchev–Trinajstić information content (AvgIpc) is 3.30. The number of anilines is 2. The minimum atomic E-state index is -0.680. The zero-order valence-electron chi connectivity index (χ0n) is 11.2. The Kier molecular flexibility index (Phi) is 3.66. The third-order valence-electron chi connectivity index (χ3n) is 3.06. The van der Waals surface area contributed by atoms with Gasteiger partial charge in [0.05, 0.1) is 11.9 Å². The van der Waals surface area contributed by atoms with Gasteiger partial charge in [-0.3, -0.25) is 4.79 Å². The fourth-order valence-electron chi connectivity index (χ4n) is 1.80. The Hall–Kier alpha value is -2.28. The summed E-state index contributed by atoms with van der Waals surface area (Å²) in [6, 6.07) is 7.77. The Morgan fingerprint density at radius 1 is 1.38 bits per heavy atom. The number of aromatic nitrogens is 2. The zero-order valence-corrected chi connectivity index (χ0v) is 12.1. The van der Waals surface area contributed by atoms with E-state index in [1.807, 2.05) is 24.3 Å². The molecular formula is C14H15N5OS. The van der Waals surface area contributed by atoms with Crippen molar-refractivity contribution in [3.05, 3.63) is 36.2 Å². The Morgan fingerprint density at radius 3 is 2.90 bits per heavy atom. The summed E-state index contributed by atoms with van der Waals surface area (Å²) in [5, 5.41) is 0.714. The van der Waals surface area contributed by atoms with Crippen LogP contribution in [0.15, 0.2) is 30.5 Å². The van der Waals surface area contributed by atoms with Crippen LogP contribution in [-0.4, -0.2) is 21.1 Å². The molecule has 7 heteroatoms. The molecule has 1 amide bonds. The third-order valence-corrected chi connectivity index (χ3v) is 4.22. The molecule has 0 atom stereocenters. The van der Waals surface area contributed by atoms with Crippen LogP contribution in [0.4, 0.5) is 11.5 Å². The number of nitrogens with zero attached hydrogens (tertiary/aromatic N) is 2. The highest BCUT2D eigenvalue weighted by Crippen LogP contribution is 2.34. The summed E-state index contributed by atoms with van der Waals surface area (Å²) in [5.41, 5.74) is 13.2. The van der Waals surface area contributed by atoms with Gasteiger partial charge in [0.15, 0.2) is 11.5 Å². The van der Waals surface area contributed by atoms with Crippen molar-refractivity contribution in [1.82, 2.24) is 9.97 Å². The maximum Gasteiger partial charge on any atom is 0.271 e. The monoisotopic (exact) mass is 301 g/mol. The van der Waals surface area contributed by atoms with Crippen molar-refractivity contribution < 1.29 is 4.79 Å². The Morgan fingerprint density at radius 2 is 2.19 bits per heavy atom. The summed E-state index contributed by atoms with van der Waals surface area (Å²) in [5.74, 6) is -0.634. The molecule has 21 heavy (non-hydrogen) atoms. The topological polar surface area (TPSA) is 107 Å². The number of nitrogen functional groups attached to an aromatic ring is 1. The van der Waals surface area contributed by atoms with Gasteiger partial charge in [-0.25, -0.2) is 9.97 Å². The maximum absolute atomic E-state index is 11.3. The molecule has 3 rings (SSSR count). The number of primary amides is 1. The number of hydrogen-bond donors (Lipinski definition) is 3. The van der Waals surface area contributed by atoms with Crippen molar-refractivity contribution in [1.29, 1.82) is 0 Å². The molecule has 6 nitrogen and oxygen atoms in total. The van der Waals surface area contributed by atoms with Crippen molar-refractivity contribution in [2.45, 2.75) is 18.1 Å². The first-order valence-corrected chi connectivity index (χ1v) is 7.46. The van der Waals surface area contributed by atoms with Gasteiger partial charge in [-0.2, -0.15) is 0 Å². The van der Waals surface area contributed by atoms with Crippen LogP contribution >= 0.6 is 11.9 Å². The van der Waals surface area contributed by atoms with E-state index in [-0.39, 0.29) is 11.5 Å². The Balaban J connectivity index is 1.86. The van der Waals surface area contributed by atoms with Crippen molar-refractivity contribution in [3.8, 4) is 11.3 Å². The second-order valence-corrected chi connectivity index (χ2v) is 5.96. The van der Waals surface area contributed by atoms with Gasteiger partial charge in [0.2, 0.25) is 0 Å². The standard InChI is InChI=1S/C14H15N5OS/c15-13-12(14(16)20)18-11(7-17-13)8-2-1-3-9(6-8)19-21-10-4-5-10/h1-3,6-7,10,19H,4-5H2,(H2,15,17)(H2,16,20). The lowest BCUT2D eigenvalue weighted by Crippen LogP contribution is -2.17. The molecule has 0 aliphatic heterocycles. The third kappa shape index (κ3) is 3.25. The molecule has 1 aromatic carbocycles. The molecule has 2 aromatic rings. The highest BCUT2D eigenvalue weighted by Gasteiger charge is 2.22. The predicted molar refractivity (Wildman–Crippen MR) is 84.6 cm³/mol. The van der Waals surface area contributed by atoms with Gasteiger partial charge in [0.25, 0.3) is 5.91 Å². The number of benzene rings is 1. The van der Waals surface area contributed by atoms with Crippen molar-refractivity contribution in [2.24, 2.45) is 5.73 Å². The van der Waals surface area contributed by atoms with Crippen molar-refractivity contribution in [2.75, 3.05) is 10.5 Å². The molecule has 0 radical (unpaired) electrons. The highest BCUT2D eigenvalue weighted by atomic mass is 32.2. The number of nitrogens with one attached hydrogen (secondary N) is 1. The predicted octanol–water partition coefficient (Wildman–Crippen LogP) is 2.05. The van der Waals surface area contributed by atoms with E-state index in [9.17, 15) is 4.79 Å². The average molecular weight is 301 g/mol. The molecule has 1 heterocycles. The summed E-state index contributed by atoms with van der Waals surface area (Å²) in [6.07, 6.45) is 4.07.